The van der Waals surface area contributed by atoms with E-state index < -0.39 is 0 Å². The minimum absolute atomic E-state index is 0.0130. The van der Waals surface area contributed by atoms with Crippen LogP contribution in [0, 0.1) is 0 Å². The molecule has 0 aliphatic heterocycles. The Bertz CT molecular complexity index is 810. The quantitative estimate of drug-likeness (QED) is 0.779. The van der Waals surface area contributed by atoms with Crippen molar-refractivity contribution in [1.29, 1.82) is 0 Å². The van der Waals surface area contributed by atoms with Gasteiger partial charge in [0.1, 0.15) is 0 Å². The highest BCUT2D eigenvalue weighted by Crippen LogP contribution is 2.32. The topological polar surface area (TPSA) is 29.1 Å². The molecule has 0 radical (unpaired) electrons. The van der Waals surface area contributed by atoms with E-state index in [1.165, 1.54) is 21.4 Å². The Morgan fingerprint density at radius 2 is 1.90 bits per heavy atom. The van der Waals surface area contributed by atoms with E-state index in [9.17, 15) is 4.79 Å². The van der Waals surface area contributed by atoms with Gasteiger partial charge in [-0.3, -0.25) is 4.79 Å². The summed E-state index contributed by atoms with van der Waals surface area (Å²) in [6.45, 7) is 0.597. The van der Waals surface area contributed by atoms with E-state index in [4.69, 9.17) is 0 Å². The van der Waals surface area contributed by atoms with Gasteiger partial charge in [-0.05, 0) is 52.3 Å². The van der Waals surface area contributed by atoms with E-state index in [1.54, 1.807) is 11.3 Å². The van der Waals surface area contributed by atoms with Crippen molar-refractivity contribution >= 4 is 28.0 Å². The summed E-state index contributed by atoms with van der Waals surface area (Å²) in [5, 5.41) is 7.43. The standard InChI is InChI=1S/C18H15NOS/c20-18(19-11-14-4-2-10-21-14)16-9-8-13-7-6-12-3-1-5-15(16)17(12)13/h1-5,8-10H,6-7,11H2,(H,19,20). The average Bonchev–Trinajstić information content (AvgIpc) is 3.16. The molecule has 104 valence electrons. The van der Waals surface area contributed by atoms with Gasteiger partial charge in [-0.1, -0.05) is 30.3 Å². The first-order valence-electron chi connectivity index (χ1n) is 7.17. The molecule has 0 saturated heterocycles. The van der Waals surface area contributed by atoms with Crippen molar-refractivity contribution in [1.82, 2.24) is 5.32 Å². The van der Waals surface area contributed by atoms with Crippen LogP contribution in [-0.2, 0) is 19.4 Å². The van der Waals surface area contributed by atoms with Gasteiger partial charge in [-0.25, -0.2) is 0 Å². The molecule has 1 aliphatic rings. The van der Waals surface area contributed by atoms with Crippen LogP contribution in [-0.4, -0.2) is 5.91 Å². The molecule has 0 unspecified atom stereocenters. The van der Waals surface area contributed by atoms with E-state index in [2.05, 4.69) is 29.6 Å². The second kappa shape index (κ2) is 5.01. The largest absolute Gasteiger partial charge is 0.347 e. The number of hydrogen-bond acceptors (Lipinski definition) is 2. The van der Waals surface area contributed by atoms with Crippen molar-refractivity contribution in [2.24, 2.45) is 0 Å². The molecule has 3 aromatic rings. The van der Waals surface area contributed by atoms with Gasteiger partial charge in [0.05, 0.1) is 6.54 Å². The second-order valence-electron chi connectivity index (χ2n) is 5.37. The fourth-order valence-corrected chi connectivity index (χ4v) is 3.77. The molecule has 0 atom stereocenters. The summed E-state index contributed by atoms with van der Waals surface area (Å²) in [4.78, 5) is 13.7. The number of aryl methyl sites for hydroxylation is 2. The predicted octanol–water partition coefficient (Wildman–Crippen LogP) is 3.93. The Labute approximate surface area is 127 Å². The SMILES string of the molecule is O=C(NCc1cccs1)c1ccc2c3c(cccc13)CC2. The summed E-state index contributed by atoms with van der Waals surface area (Å²) in [6.07, 6.45) is 2.18. The molecule has 3 heteroatoms. The summed E-state index contributed by atoms with van der Waals surface area (Å²) >= 11 is 1.66. The molecule has 0 spiro atoms. The number of thiophene rings is 1. The molecule has 4 rings (SSSR count). The molecule has 1 heterocycles. The summed E-state index contributed by atoms with van der Waals surface area (Å²) in [6, 6.07) is 14.4. The highest BCUT2D eigenvalue weighted by Gasteiger charge is 2.18. The first-order chi connectivity index (χ1) is 10.3. The number of hydrogen-bond donors (Lipinski definition) is 1. The van der Waals surface area contributed by atoms with E-state index in [0.29, 0.717) is 6.54 Å². The highest BCUT2D eigenvalue weighted by atomic mass is 32.1. The summed E-state index contributed by atoms with van der Waals surface area (Å²) in [7, 11) is 0. The maximum absolute atomic E-state index is 12.5. The Morgan fingerprint density at radius 3 is 2.71 bits per heavy atom. The third-order valence-corrected chi connectivity index (χ3v) is 5.00. The molecular formula is C18H15NOS. The van der Waals surface area contributed by atoms with Crippen molar-refractivity contribution in [2.75, 3.05) is 0 Å². The Morgan fingerprint density at radius 1 is 1.05 bits per heavy atom. The second-order valence-corrected chi connectivity index (χ2v) is 6.41. The first kappa shape index (κ1) is 12.6. The van der Waals surface area contributed by atoms with Gasteiger partial charge in [0, 0.05) is 10.4 Å². The molecule has 1 aromatic heterocycles. The lowest BCUT2D eigenvalue weighted by Gasteiger charge is -2.09. The lowest BCUT2D eigenvalue weighted by Crippen LogP contribution is -2.22. The zero-order valence-corrected chi connectivity index (χ0v) is 12.4. The summed E-state index contributed by atoms with van der Waals surface area (Å²) in [5.41, 5.74) is 3.53. The van der Waals surface area contributed by atoms with Crippen LogP contribution in [0.25, 0.3) is 10.8 Å². The fraction of sp³-hybridized carbons (Fsp3) is 0.167. The number of carbonyl (C=O) groups excluding carboxylic acids is 1. The highest BCUT2D eigenvalue weighted by molar-refractivity contribution is 7.09. The van der Waals surface area contributed by atoms with Crippen LogP contribution in [0.2, 0.25) is 0 Å². The minimum atomic E-state index is 0.0130. The van der Waals surface area contributed by atoms with Crippen molar-refractivity contribution in [3.63, 3.8) is 0 Å². The van der Waals surface area contributed by atoms with Gasteiger partial charge in [-0.2, -0.15) is 0 Å². The number of amides is 1. The van der Waals surface area contributed by atoms with Gasteiger partial charge in [0.2, 0.25) is 0 Å². The third-order valence-electron chi connectivity index (χ3n) is 4.12. The van der Waals surface area contributed by atoms with Crippen LogP contribution in [0.1, 0.15) is 26.4 Å². The number of benzene rings is 2. The summed E-state index contributed by atoms with van der Waals surface area (Å²) in [5.74, 6) is 0.0130. The molecule has 0 saturated carbocycles. The smallest absolute Gasteiger partial charge is 0.252 e. The van der Waals surface area contributed by atoms with Crippen LogP contribution < -0.4 is 5.32 Å². The van der Waals surface area contributed by atoms with Gasteiger partial charge < -0.3 is 5.32 Å². The zero-order chi connectivity index (χ0) is 14.2. The van der Waals surface area contributed by atoms with Crippen LogP contribution >= 0.6 is 11.3 Å². The molecule has 21 heavy (non-hydrogen) atoms. The predicted molar refractivity (Wildman–Crippen MR) is 86.8 cm³/mol. The third kappa shape index (κ3) is 2.14. The Balaban J connectivity index is 1.69. The molecule has 2 aromatic carbocycles. The van der Waals surface area contributed by atoms with Gasteiger partial charge >= 0.3 is 0 Å². The first-order valence-corrected chi connectivity index (χ1v) is 8.05. The molecular weight excluding hydrogens is 278 g/mol. The van der Waals surface area contributed by atoms with Crippen LogP contribution in [0.15, 0.2) is 47.8 Å². The molecule has 1 aliphatic carbocycles. The molecule has 2 nitrogen and oxygen atoms in total. The lowest BCUT2D eigenvalue weighted by molar-refractivity contribution is 0.0953. The minimum Gasteiger partial charge on any atom is -0.347 e. The van der Waals surface area contributed by atoms with Gasteiger partial charge in [-0.15, -0.1) is 11.3 Å². The maximum Gasteiger partial charge on any atom is 0.252 e. The van der Waals surface area contributed by atoms with Crippen LogP contribution in [0.5, 0.6) is 0 Å². The van der Waals surface area contributed by atoms with E-state index in [-0.39, 0.29) is 5.91 Å². The van der Waals surface area contributed by atoms with Gasteiger partial charge in [0.25, 0.3) is 5.91 Å². The van der Waals surface area contributed by atoms with Crippen LogP contribution in [0.4, 0.5) is 0 Å². The monoisotopic (exact) mass is 293 g/mol. The molecule has 1 N–H and O–H groups in total. The zero-order valence-electron chi connectivity index (χ0n) is 11.6. The van der Waals surface area contributed by atoms with E-state index in [0.717, 1.165) is 23.8 Å². The Hall–Kier alpha value is -2.13. The Kier molecular flexibility index (Phi) is 3.00. The molecule has 0 bridgehead atoms. The van der Waals surface area contributed by atoms with Crippen molar-refractivity contribution in [3.8, 4) is 0 Å². The average molecular weight is 293 g/mol. The maximum atomic E-state index is 12.5. The van der Waals surface area contributed by atoms with Crippen molar-refractivity contribution < 1.29 is 4.79 Å². The van der Waals surface area contributed by atoms with E-state index in [1.807, 2.05) is 23.6 Å². The summed E-state index contributed by atoms with van der Waals surface area (Å²) < 4.78 is 0. The number of nitrogens with one attached hydrogen (secondary N) is 1. The molecule has 0 fully saturated rings. The fourth-order valence-electron chi connectivity index (χ4n) is 3.12. The van der Waals surface area contributed by atoms with Crippen molar-refractivity contribution in [2.45, 2.75) is 19.4 Å². The number of carbonyl (C=O) groups is 1. The van der Waals surface area contributed by atoms with Crippen molar-refractivity contribution in [3.05, 3.63) is 69.4 Å². The number of rotatable bonds is 3. The van der Waals surface area contributed by atoms with E-state index >= 15 is 0 Å². The van der Waals surface area contributed by atoms with Crippen LogP contribution in [0.3, 0.4) is 0 Å². The van der Waals surface area contributed by atoms with Gasteiger partial charge in [0.15, 0.2) is 0 Å². The molecule has 1 amide bonds. The lowest BCUT2D eigenvalue weighted by atomic mass is 9.99. The normalized spacial score (nSPS) is 12.8.